The topological polar surface area (TPSA) is 60.9 Å². The van der Waals surface area contributed by atoms with Crippen molar-refractivity contribution in [1.82, 2.24) is 9.21 Å². The van der Waals surface area contributed by atoms with Crippen LogP contribution >= 0.6 is 0 Å². The molecule has 3 rings (SSSR count). The number of sulfonamides is 1. The van der Waals surface area contributed by atoms with Gasteiger partial charge in [0.2, 0.25) is 15.9 Å². The Bertz CT molecular complexity index is 1010. The third kappa shape index (κ3) is 5.25. The van der Waals surface area contributed by atoms with E-state index in [1.54, 1.807) is 43.9 Å². The summed E-state index contributed by atoms with van der Waals surface area (Å²) in [6.07, 6.45) is 0. The van der Waals surface area contributed by atoms with Gasteiger partial charge >= 0.3 is 0 Å². The second-order valence-corrected chi connectivity index (χ2v) is 10.0. The smallest absolute Gasteiger partial charge is 0.221 e. The molecule has 0 aliphatic carbocycles. The second-order valence-electron chi connectivity index (χ2n) is 7.79. The van der Waals surface area contributed by atoms with E-state index in [9.17, 15) is 17.6 Å². The van der Waals surface area contributed by atoms with Gasteiger partial charge in [-0.1, -0.05) is 43.3 Å². The third-order valence-electron chi connectivity index (χ3n) is 5.90. The van der Waals surface area contributed by atoms with Gasteiger partial charge in [-0.15, -0.1) is 0 Å². The van der Waals surface area contributed by atoms with Gasteiger partial charge in [-0.2, -0.15) is 4.31 Å². The molecule has 1 heterocycles. The highest BCUT2D eigenvalue weighted by Gasteiger charge is 2.29. The minimum Gasteiger partial charge on any atom is -0.368 e. The van der Waals surface area contributed by atoms with E-state index >= 15 is 0 Å². The molecular weight excluding hydrogens is 417 g/mol. The Morgan fingerprint density at radius 3 is 2.29 bits per heavy atom. The normalized spacial score (nSPS) is 15.9. The van der Waals surface area contributed by atoms with E-state index in [1.165, 1.54) is 10.4 Å². The van der Waals surface area contributed by atoms with Crippen LogP contribution in [0.2, 0.25) is 0 Å². The van der Waals surface area contributed by atoms with Crippen molar-refractivity contribution in [2.45, 2.75) is 32.6 Å². The van der Waals surface area contributed by atoms with Gasteiger partial charge in [-0.25, -0.2) is 12.8 Å². The Labute approximate surface area is 184 Å². The van der Waals surface area contributed by atoms with Crippen LogP contribution in [0.25, 0.3) is 0 Å². The van der Waals surface area contributed by atoms with Crippen LogP contribution in [0.1, 0.15) is 37.1 Å². The molecule has 0 spiro atoms. The molecule has 1 saturated heterocycles. The molecule has 1 aliphatic rings. The van der Waals surface area contributed by atoms with Crippen LogP contribution in [0.15, 0.2) is 48.5 Å². The number of benzene rings is 2. The number of carbonyl (C=O) groups excluding carboxylic acids is 1. The Hall–Kier alpha value is -2.45. The number of rotatable bonds is 7. The van der Waals surface area contributed by atoms with Crippen molar-refractivity contribution >= 4 is 21.6 Å². The van der Waals surface area contributed by atoms with E-state index in [0.717, 1.165) is 5.69 Å². The van der Waals surface area contributed by atoms with Crippen molar-refractivity contribution in [1.29, 1.82) is 0 Å². The second kappa shape index (κ2) is 9.78. The first-order valence-electron chi connectivity index (χ1n) is 10.6. The summed E-state index contributed by atoms with van der Waals surface area (Å²) in [4.78, 5) is 15.3. The number of carbonyl (C=O) groups is 1. The summed E-state index contributed by atoms with van der Waals surface area (Å²) in [6, 6.07) is 14.0. The Morgan fingerprint density at radius 1 is 1.10 bits per heavy atom. The summed E-state index contributed by atoms with van der Waals surface area (Å²) in [5.41, 5.74) is 1.80. The molecule has 31 heavy (non-hydrogen) atoms. The molecule has 0 saturated carbocycles. The molecule has 1 unspecified atom stereocenters. The summed E-state index contributed by atoms with van der Waals surface area (Å²) >= 11 is 0. The quantitative estimate of drug-likeness (QED) is 0.653. The average Bonchev–Trinajstić information content (AvgIpc) is 2.78. The molecule has 2 aromatic carbocycles. The van der Waals surface area contributed by atoms with Gasteiger partial charge in [0.15, 0.2) is 0 Å². The number of halogens is 1. The number of hydrogen-bond donors (Lipinski definition) is 0. The van der Waals surface area contributed by atoms with Crippen LogP contribution in [0.3, 0.4) is 0 Å². The van der Waals surface area contributed by atoms with E-state index < -0.39 is 21.1 Å². The predicted octanol–water partition coefficient (Wildman–Crippen LogP) is 3.41. The van der Waals surface area contributed by atoms with Crippen molar-refractivity contribution in [2.75, 3.05) is 37.6 Å². The van der Waals surface area contributed by atoms with Crippen molar-refractivity contribution in [3.63, 3.8) is 0 Å². The van der Waals surface area contributed by atoms with Gasteiger partial charge in [-0.3, -0.25) is 4.79 Å². The van der Waals surface area contributed by atoms with Crippen LogP contribution in [0.5, 0.6) is 0 Å². The lowest BCUT2D eigenvalue weighted by molar-refractivity contribution is -0.129. The molecule has 0 radical (unpaired) electrons. The molecule has 1 amide bonds. The van der Waals surface area contributed by atoms with E-state index in [0.29, 0.717) is 37.3 Å². The van der Waals surface area contributed by atoms with Crippen LogP contribution in [0, 0.1) is 5.82 Å². The molecule has 6 nitrogen and oxygen atoms in total. The van der Waals surface area contributed by atoms with Crippen LogP contribution in [-0.2, 0) is 21.4 Å². The summed E-state index contributed by atoms with van der Waals surface area (Å²) in [5.74, 6) is -0.376. The summed E-state index contributed by atoms with van der Waals surface area (Å²) in [5, 5.41) is -0.714. The van der Waals surface area contributed by atoms with Crippen LogP contribution in [-0.4, -0.2) is 56.3 Å². The first-order chi connectivity index (χ1) is 14.7. The predicted molar refractivity (Wildman–Crippen MR) is 121 cm³/mol. The molecule has 2 aromatic rings. The number of anilines is 1. The minimum atomic E-state index is -3.65. The van der Waals surface area contributed by atoms with Gasteiger partial charge in [0.1, 0.15) is 5.82 Å². The molecule has 1 atom stereocenters. The largest absolute Gasteiger partial charge is 0.368 e. The average molecular weight is 448 g/mol. The molecule has 0 bridgehead atoms. The van der Waals surface area contributed by atoms with Crippen LogP contribution < -0.4 is 4.90 Å². The first-order valence-corrected chi connectivity index (χ1v) is 12.1. The zero-order valence-corrected chi connectivity index (χ0v) is 19.1. The van der Waals surface area contributed by atoms with E-state index in [2.05, 4.69) is 0 Å². The van der Waals surface area contributed by atoms with Crippen molar-refractivity contribution in [3.05, 3.63) is 65.5 Å². The Kier molecular flexibility index (Phi) is 7.33. The lowest BCUT2D eigenvalue weighted by Crippen LogP contribution is -2.48. The molecular formula is C23H30FN3O3S. The van der Waals surface area contributed by atoms with E-state index in [4.69, 9.17) is 0 Å². The molecule has 8 heteroatoms. The fourth-order valence-corrected chi connectivity index (χ4v) is 5.46. The Balaban J connectivity index is 1.73. The number of nitrogens with zero attached hydrogens (tertiary/aromatic N) is 3. The third-order valence-corrected chi connectivity index (χ3v) is 8.17. The Morgan fingerprint density at radius 2 is 1.74 bits per heavy atom. The van der Waals surface area contributed by atoms with E-state index in [-0.39, 0.29) is 19.0 Å². The molecule has 1 fully saturated rings. The summed E-state index contributed by atoms with van der Waals surface area (Å²) < 4.78 is 42.5. The zero-order valence-electron chi connectivity index (χ0n) is 18.3. The maximum absolute atomic E-state index is 14.9. The minimum absolute atomic E-state index is 0.0137. The molecule has 0 aromatic heterocycles. The van der Waals surface area contributed by atoms with Gasteiger partial charge < -0.3 is 9.80 Å². The molecule has 1 aliphatic heterocycles. The van der Waals surface area contributed by atoms with Gasteiger partial charge in [0, 0.05) is 57.4 Å². The fourth-order valence-electron chi connectivity index (χ4n) is 3.83. The van der Waals surface area contributed by atoms with Gasteiger partial charge in [0.05, 0.1) is 5.25 Å². The van der Waals surface area contributed by atoms with Crippen molar-refractivity contribution in [2.24, 2.45) is 0 Å². The fraction of sp³-hybridized carbons (Fsp3) is 0.435. The highest BCUT2D eigenvalue weighted by Crippen LogP contribution is 2.28. The van der Waals surface area contributed by atoms with Crippen LogP contribution in [0.4, 0.5) is 10.1 Å². The standard InChI is InChI=1S/C23H30FN3O3S/c1-4-27(31(29,30)18(2)20-8-6-5-7-9-20)17-21-10-11-22(16-23(21)24)26-14-12-25(13-15-26)19(3)28/h5-11,16,18H,4,12-15,17H2,1-3H3. The van der Waals surface area contributed by atoms with E-state index in [1.807, 2.05) is 29.2 Å². The number of piperazine rings is 1. The van der Waals surface area contributed by atoms with Crippen molar-refractivity contribution < 1.29 is 17.6 Å². The van der Waals surface area contributed by atoms with Gasteiger partial charge in [-0.05, 0) is 24.6 Å². The highest BCUT2D eigenvalue weighted by molar-refractivity contribution is 7.89. The number of hydrogen-bond acceptors (Lipinski definition) is 4. The summed E-state index contributed by atoms with van der Waals surface area (Å²) in [7, 11) is -3.65. The van der Waals surface area contributed by atoms with Gasteiger partial charge in [0.25, 0.3) is 0 Å². The maximum atomic E-state index is 14.9. The molecule has 0 N–H and O–H groups in total. The number of amides is 1. The first kappa shape index (κ1) is 23.2. The van der Waals surface area contributed by atoms with Crippen molar-refractivity contribution in [3.8, 4) is 0 Å². The highest BCUT2D eigenvalue weighted by atomic mass is 32.2. The summed E-state index contributed by atoms with van der Waals surface area (Å²) in [6.45, 7) is 7.72. The SMILES string of the molecule is CCN(Cc1ccc(N2CCN(C(C)=O)CC2)cc1F)S(=O)(=O)C(C)c1ccccc1. The molecule has 168 valence electrons. The lowest BCUT2D eigenvalue weighted by atomic mass is 10.1. The zero-order chi connectivity index (χ0) is 22.6. The lowest BCUT2D eigenvalue weighted by Gasteiger charge is -2.35. The maximum Gasteiger partial charge on any atom is 0.221 e. The monoisotopic (exact) mass is 447 g/mol.